The molecule has 3 rings (SSSR count). The number of carbonyl (C=O) groups excluding carboxylic acids is 3. The highest BCUT2D eigenvalue weighted by molar-refractivity contribution is 6.28. The number of benzene rings is 2. The van der Waals surface area contributed by atoms with E-state index in [1.54, 1.807) is 36.4 Å². The molecule has 2 aromatic carbocycles. The molecule has 121 valence electrons. The third-order valence-electron chi connectivity index (χ3n) is 4.31. The fraction of sp³-hybridized carbons (Fsp3) is 0.200. The summed E-state index contributed by atoms with van der Waals surface area (Å²) in [5.74, 6) is -0.646. The Kier molecular flexibility index (Phi) is 4.40. The summed E-state index contributed by atoms with van der Waals surface area (Å²) in [6, 6.07) is 10.7. The zero-order chi connectivity index (χ0) is 17.3. The molecule has 0 saturated heterocycles. The van der Waals surface area contributed by atoms with Crippen molar-refractivity contribution in [3.8, 4) is 0 Å². The van der Waals surface area contributed by atoms with Crippen LogP contribution in [-0.2, 0) is 0 Å². The van der Waals surface area contributed by atoms with E-state index in [1.165, 1.54) is 6.07 Å². The molecule has 0 heterocycles. The molecule has 1 aliphatic rings. The van der Waals surface area contributed by atoms with Crippen molar-refractivity contribution in [3.63, 3.8) is 0 Å². The molecular weight excluding hydrogens is 302 g/mol. The maximum absolute atomic E-state index is 12.7. The van der Waals surface area contributed by atoms with Gasteiger partial charge in [-0.2, -0.15) is 0 Å². The number of carbonyl (C=O) groups is 3. The topological polar surface area (TPSA) is 77.2 Å². The van der Waals surface area contributed by atoms with Crippen LogP contribution in [0.3, 0.4) is 0 Å². The van der Waals surface area contributed by atoms with Gasteiger partial charge in [0.1, 0.15) is 0 Å². The number of Topliss-reactive ketones (excluding diaryl/α,β-unsaturated/α-hetero) is 1. The van der Waals surface area contributed by atoms with E-state index < -0.39 is 6.04 Å². The van der Waals surface area contributed by atoms with Crippen LogP contribution < -0.4 is 5.73 Å². The molecule has 24 heavy (non-hydrogen) atoms. The number of nitrogens with two attached hydrogens (primary N) is 1. The lowest BCUT2D eigenvalue weighted by atomic mass is 9.82. The fourth-order valence-corrected chi connectivity index (χ4v) is 2.96. The standard InChI is InChI=1S/C20H18NO3/c1-2-3-8-17(21)18(22)12-9-10-15-16(11-12)20(24)14-7-5-4-6-13(14)19(15)23/h4-7,9-11,17H,1-3,8,21H2. The number of hydrogen-bond acceptors (Lipinski definition) is 4. The molecule has 1 atom stereocenters. The number of rotatable bonds is 5. The minimum Gasteiger partial charge on any atom is -0.321 e. The van der Waals surface area contributed by atoms with Gasteiger partial charge < -0.3 is 5.73 Å². The van der Waals surface area contributed by atoms with Crippen LogP contribution in [0.5, 0.6) is 0 Å². The van der Waals surface area contributed by atoms with Gasteiger partial charge in [-0.05, 0) is 18.6 Å². The summed E-state index contributed by atoms with van der Waals surface area (Å²) >= 11 is 0. The SMILES string of the molecule is [CH2]CCCC(N)C(=O)c1ccc2c(c1)C(=O)c1ccccc1C2=O. The molecule has 1 radical (unpaired) electrons. The van der Waals surface area contributed by atoms with Crippen molar-refractivity contribution in [2.75, 3.05) is 0 Å². The van der Waals surface area contributed by atoms with Crippen molar-refractivity contribution in [2.24, 2.45) is 5.73 Å². The normalized spacial score (nSPS) is 14.1. The lowest BCUT2D eigenvalue weighted by Gasteiger charge is -2.18. The molecule has 0 amide bonds. The van der Waals surface area contributed by atoms with Crippen LogP contribution in [0.4, 0.5) is 0 Å². The van der Waals surface area contributed by atoms with E-state index in [0.717, 1.165) is 12.8 Å². The monoisotopic (exact) mass is 320 g/mol. The molecule has 1 unspecified atom stereocenters. The number of unbranched alkanes of at least 4 members (excludes halogenated alkanes) is 1. The largest absolute Gasteiger partial charge is 0.321 e. The number of fused-ring (bicyclic) bond motifs is 2. The second-order valence-corrected chi connectivity index (χ2v) is 5.93. The van der Waals surface area contributed by atoms with E-state index in [-0.39, 0.29) is 22.9 Å². The van der Waals surface area contributed by atoms with E-state index in [9.17, 15) is 14.4 Å². The fourth-order valence-electron chi connectivity index (χ4n) is 2.96. The van der Waals surface area contributed by atoms with Crippen molar-refractivity contribution in [2.45, 2.75) is 25.3 Å². The summed E-state index contributed by atoms with van der Waals surface area (Å²) in [7, 11) is 0. The Morgan fingerprint density at radius 2 is 1.54 bits per heavy atom. The summed E-state index contributed by atoms with van der Waals surface area (Å²) in [6.07, 6.45) is 2.03. The van der Waals surface area contributed by atoms with Gasteiger partial charge in [-0.1, -0.05) is 50.1 Å². The van der Waals surface area contributed by atoms with Crippen LogP contribution >= 0.6 is 0 Å². The minimum absolute atomic E-state index is 0.194. The molecule has 2 aromatic rings. The summed E-state index contributed by atoms with van der Waals surface area (Å²) in [6.45, 7) is 3.74. The second-order valence-electron chi connectivity index (χ2n) is 5.93. The average Bonchev–Trinajstić information content (AvgIpc) is 2.63. The van der Waals surface area contributed by atoms with Gasteiger partial charge in [0.25, 0.3) is 0 Å². The Hall–Kier alpha value is -2.59. The van der Waals surface area contributed by atoms with E-state index in [1.807, 2.05) is 0 Å². The summed E-state index contributed by atoms with van der Waals surface area (Å²) in [5.41, 5.74) is 7.67. The first kappa shape index (κ1) is 16.3. The van der Waals surface area contributed by atoms with E-state index in [0.29, 0.717) is 28.7 Å². The summed E-state index contributed by atoms with van der Waals surface area (Å²) < 4.78 is 0. The smallest absolute Gasteiger partial charge is 0.194 e. The van der Waals surface area contributed by atoms with Crippen molar-refractivity contribution in [3.05, 3.63) is 77.2 Å². The molecule has 1 aliphatic carbocycles. The van der Waals surface area contributed by atoms with E-state index >= 15 is 0 Å². The number of hydrogen-bond donors (Lipinski definition) is 1. The van der Waals surface area contributed by atoms with Crippen molar-refractivity contribution in [1.29, 1.82) is 0 Å². The first-order valence-electron chi connectivity index (χ1n) is 7.96. The average molecular weight is 320 g/mol. The lowest BCUT2D eigenvalue weighted by molar-refractivity contribution is 0.0953. The van der Waals surface area contributed by atoms with E-state index in [4.69, 9.17) is 5.73 Å². The minimum atomic E-state index is -0.619. The molecule has 4 nitrogen and oxygen atoms in total. The lowest BCUT2D eigenvalue weighted by Crippen LogP contribution is -2.31. The van der Waals surface area contributed by atoms with Gasteiger partial charge >= 0.3 is 0 Å². The highest BCUT2D eigenvalue weighted by atomic mass is 16.1. The number of ketones is 3. The van der Waals surface area contributed by atoms with Gasteiger partial charge in [-0.3, -0.25) is 14.4 Å². The van der Waals surface area contributed by atoms with Crippen LogP contribution in [0.1, 0.15) is 61.5 Å². The van der Waals surface area contributed by atoms with Crippen LogP contribution in [-0.4, -0.2) is 23.4 Å². The maximum Gasteiger partial charge on any atom is 0.194 e. The third-order valence-corrected chi connectivity index (χ3v) is 4.31. The molecule has 4 heteroatoms. The predicted molar refractivity (Wildman–Crippen MR) is 91.3 cm³/mol. The Morgan fingerprint density at radius 3 is 2.17 bits per heavy atom. The Morgan fingerprint density at radius 1 is 0.958 bits per heavy atom. The van der Waals surface area contributed by atoms with Crippen LogP contribution in [0.15, 0.2) is 42.5 Å². The van der Waals surface area contributed by atoms with Crippen molar-refractivity contribution >= 4 is 17.3 Å². The first-order valence-corrected chi connectivity index (χ1v) is 7.96. The molecular formula is C20H18NO3. The molecule has 0 bridgehead atoms. The molecule has 0 fully saturated rings. The van der Waals surface area contributed by atoms with Crippen LogP contribution in [0, 0.1) is 6.92 Å². The zero-order valence-corrected chi connectivity index (χ0v) is 13.2. The zero-order valence-electron chi connectivity index (χ0n) is 13.2. The highest BCUT2D eigenvalue weighted by Crippen LogP contribution is 2.28. The Bertz CT molecular complexity index is 839. The van der Waals surface area contributed by atoms with Gasteiger partial charge in [0.05, 0.1) is 6.04 Å². The second kappa shape index (κ2) is 6.49. The van der Waals surface area contributed by atoms with Gasteiger partial charge in [0.15, 0.2) is 17.3 Å². The van der Waals surface area contributed by atoms with Gasteiger partial charge in [-0.15, -0.1) is 0 Å². The molecule has 0 aliphatic heterocycles. The third kappa shape index (κ3) is 2.69. The van der Waals surface area contributed by atoms with E-state index in [2.05, 4.69) is 6.92 Å². The Balaban J connectivity index is 1.98. The summed E-state index contributed by atoms with van der Waals surface area (Å²) in [4.78, 5) is 37.6. The maximum atomic E-state index is 12.7. The molecule has 2 N–H and O–H groups in total. The van der Waals surface area contributed by atoms with Crippen molar-refractivity contribution < 1.29 is 14.4 Å². The van der Waals surface area contributed by atoms with Gasteiger partial charge in [0.2, 0.25) is 0 Å². The predicted octanol–water partition coefficient (Wildman–Crippen LogP) is 2.98. The molecule has 0 aromatic heterocycles. The first-order chi connectivity index (χ1) is 11.5. The highest BCUT2D eigenvalue weighted by Gasteiger charge is 2.30. The van der Waals surface area contributed by atoms with Gasteiger partial charge in [-0.25, -0.2) is 0 Å². The molecule has 0 spiro atoms. The Labute approximate surface area is 140 Å². The van der Waals surface area contributed by atoms with Crippen molar-refractivity contribution in [1.82, 2.24) is 0 Å². The van der Waals surface area contributed by atoms with Gasteiger partial charge in [0, 0.05) is 27.8 Å². The van der Waals surface area contributed by atoms with Crippen LogP contribution in [0.25, 0.3) is 0 Å². The molecule has 0 saturated carbocycles. The van der Waals surface area contributed by atoms with Crippen LogP contribution in [0.2, 0.25) is 0 Å². The summed E-state index contributed by atoms with van der Waals surface area (Å²) in [5, 5.41) is 0. The quantitative estimate of drug-likeness (QED) is 0.733.